The van der Waals surface area contributed by atoms with E-state index < -0.39 is 0 Å². The smallest absolute Gasteiger partial charge is 0.241 e. The molecular weight excluding hydrogens is 440 g/mol. The third-order valence-electron chi connectivity index (χ3n) is 5.56. The molecular formula is C26H27ClN2O2S. The minimum Gasteiger partial charge on any atom is -0.489 e. The number of hydrogen-bond donors (Lipinski definition) is 1. The monoisotopic (exact) mass is 466 g/mol. The van der Waals surface area contributed by atoms with E-state index in [1.54, 1.807) is 0 Å². The van der Waals surface area contributed by atoms with Crippen LogP contribution in [0.3, 0.4) is 0 Å². The van der Waals surface area contributed by atoms with Crippen LogP contribution in [0.25, 0.3) is 11.1 Å². The van der Waals surface area contributed by atoms with Gasteiger partial charge in [0.1, 0.15) is 12.4 Å². The highest BCUT2D eigenvalue weighted by Crippen LogP contribution is 2.36. The molecule has 4 rings (SSSR count). The molecule has 0 bridgehead atoms. The normalized spacial score (nSPS) is 16.2. The van der Waals surface area contributed by atoms with E-state index in [9.17, 15) is 4.79 Å². The van der Waals surface area contributed by atoms with Crippen molar-refractivity contribution in [2.24, 2.45) is 0 Å². The fourth-order valence-corrected chi connectivity index (χ4v) is 4.55. The first-order valence-corrected chi connectivity index (χ1v) is 12.5. The zero-order chi connectivity index (χ0) is 22.3. The number of carbonyl (C=O) groups is 1. The summed E-state index contributed by atoms with van der Waals surface area (Å²) in [6, 6.07) is 24.1. The van der Waals surface area contributed by atoms with Crippen molar-refractivity contribution in [2.45, 2.75) is 19.1 Å². The third-order valence-corrected chi connectivity index (χ3v) is 6.44. The Kier molecular flexibility index (Phi) is 7.74. The van der Waals surface area contributed by atoms with Crippen molar-refractivity contribution in [1.29, 1.82) is 0 Å². The molecule has 1 aliphatic rings. The molecule has 0 aliphatic carbocycles. The van der Waals surface area contributed by atoms with Gasteiger partial charge in [-0.3, -0.25) is 4.79 Å². The van der Waals surface area contributed by atoms with Gasteiger partial charge in [-0.25, -0.2) is 0 Å². The quantitative estimate of drug-likeness (QED) is 0.466. The maximum atomic E-state index is 12.8. The molecule has 0 spiro atoms. The van der Waals surface area contributed by atoms with Crippen LogP contribution < -0.4 is 15.0 Å². The summed E-state index contributed by atoms with van der Waals surface area (Å²) < 4.78 is 6.03. The maximum Gasteiger partial charge on any atom is 0.241 e. The lowest BCUT2D eigenvalue weighted by Crippen LogP contribution is -2.54. The maximum absolute atomic E-state index is 12.8. The highest BCUT2D eigenvalue weighted by Gasteiger charge is 2.28. The number of halogens is 1. The number of piperazine rings is 1. The van der Waals surface area contributed by atoms with Gasteiger partial charge < -0.3 is 15.0 Å². The number of nitrogens with one attached hydrogen (secondary N) is 1. The summed E-state index contributed by atoms with van der Waals surface area (Å²) in [5.41, 5.74) is 3.93. The standard InChI is InChI=1S/C26H27ClN2O2S/c1-32-13-12-22-17-29(26(30)16-28-22)25-15-21(27)10-11-24(25)20-8-5-9-23(14-20)31-18-19-6-3-2-4-7-19/h2-11,14-15,22,28H,12-13,16-18H2,1H3. The molecule has 1 heterocycles. The molecule has 3 aromatic rings. The van der Waals surface area contributed by atoms with Crippen LogP contribution in [0.5, 0.6) is 5.75 Å². The minimum atomic E-state index is 0.0606. The molecule has 0 radical (unpaired) electrons. The average molecular weight is 467 g/mol. The van der Waals surface area contributed by atoms with Crippen LogP contribution in [0.2, 0.25) is 5.02 Å². The minimum absolute atomic E-state index is 0.0606. The summed E-state index contributed by atoms with van der Waals surface area (Å²) in [6.45, 7) is 1.48. The first-order chi connectivity index (χ1) is 15.6. The summed E-state index contributed by atoms with van der Waals surface area (Å²) in [6.07, 6.45) is 3.12. The molecule has 1 atom stereocenters. The first kappa shape index (κ1) is 22.7. The predicted molar refractivity (Wildman–Crippen MR) is 135 cm³/mol. The Morgan fingerprint density at radius 3 is 2.75 bits per heavy atom. The van der Waals surface area contributed by atoms with Gasteiger partial charge in [-0.2, -0.15) is 11.8 Å². The van der Waals surface area contributed by atoms with Gasteiger partial charge in [-0.1, -0.05) is 60.1 Å². The van der Waals surface area contributed by atoms with Crippen molar-refractivity contribution in [3.8, 4) is 16.9 Å². The SMILES string of the molecule is CSCCC1CN(c2cc(Cl)ccc2-c2cccc(OCc3ccccc3)c2)C(=O)CN1. The summed E-state index contributed by atoms with van der Waals surface area (Å²) in [5.74, 6) is 1.91. The van der Waals surface area contributed by atoms with E-state index in [0.717, 1.165) is 40.3 Å². The van der Waals surface area contributed by atoms with Crippen LogP contribution in [0.4, 0.5) is 5.69 Å². The Morgan fingerprint density at radius 1 is 1.09 bits per heavy atom. The van der Waals surface area contributed by atoms with Gasteiger partial charge in [0, 0.05) is 23.2 Å². The molecule has 3 aromatic carbocycles. The molecule has 0 aromatic heterocycles. The molecule has 1 N–H and O–H groups in total. The zero-order valence-corrected chi connectivity index (χ0v) is 19.7. The van der Waals surface area contributed by atoms with Crippen molar-refractivity contribution in [2.75, 3.05) is 30.0 Å². The second-order valence-electron chi connectivity index (χ2n) is 7.83. The van der Waals surface area contributed by atoms with Gasteiger partial charge in [0.25, 0.3) is 0 Å². The van der Waals surface area contributed by atoms with Crippen LogP contribution in [-0.4, -0.2) is 37.0 Å². The van der Waals surface area contributed by atoms with E-state index in [-0.39, 0.29) is 11.9 Å². The number of rotatable bonds is 8. The topological polar surface area (TPSA) is 41.6 Å². The summed E-state index contributed by atoms with van der Waals surface area (Å²) >= 11 is 8.18. The van der Waals surface area contributed by atoms with Crippen molar-refractivity contribution >= 4 is 35.0 Å². The molecule has 166 valence electrons. The van der Waals surface area contributed by atoms with E-state index in [0.29, 0.717) is 24.7 Å². The molecule has 1 amide bonds. The fraction of sp³-hybridized carbons (Fsp3) is 0.269. The lowest BCUT2D eigenvalue weighted by Gasteiger charge is -2.35. The summed E-state index contributed by atoms with van der Waals surface area (Å²) in [4.78, 5) is 14.7. The van der Waals surface area contributed by atoms with E-state index in [1.165, 1.54) is 0 Å². The molecule has 1 aliphatic heterocycles. The third kappa shape index (κ3) is 5.66. The molecule has 1 unspecified atom stereocenters. The van der Waals surface area contributed by atoms with Gasteiger partial charge in [0.15, 0.2) is 0 Å². The number of ether oxygens (including phenoxy) is 1. The predicted octanol–water partition coefficient (Wildman–Crippen LogP) is 5.64. The second kappa shape index (κ2) is 10.9. The number of amides is 1. The largest absolute Gasteiger partial charge is 0.489 e. The van der Waals surface area contributed by atoms with Gasteiger partial charge in [-0.05, 0) is 53.8 Å². The summed E-state index contributed by atoms with van der Waals surface area (Å²) in [5, 5.41) is 3.98. The van der Waals surface area contributed by atoms with Crippen molar-refractivity contribution in [3.63, 3.8) is 0 Å². The second-order valence-corrected chi connectivity index (χ2v) is 9.25. The number of nitrogens with zero attached hydrogens (tertiary/aromatic N) is 1. The van der Waals surface area contributed by atoms with Gasteiger partial charge >= 0.3 is 0 Å². The van der Waals surface area contributed by atoms with Gasteiger partial charge in [-0.15, -0.1) is 0 Å². The highest BCUT2D eigenvalue weighted by atomic mass is 35.5. The van der Waals surface area contributed by atoms with Crippen molar-refractivity contribution in [3.05, 3.63) is 83.4 Å². The van der Waals surface area contributed by atoms with Crippen molar-refractivity contribution in [1.82, 2.24) is 5.32 Å². The number of anilines is 1. The Morgan fingerprint density at radius 2 is 1.94 bits per heavy atom. The average Bonchev–Trinajstić information content (AvgIpc) is 2.83. The lowest BCUT2D eigenvalue weighted by molar-refractivity contribution is -0.119. The Balaban J connectivity index is 1.60. The van der Waals surface area contributed by atoms with Crippen molar-refractivity contribution < 1.29 is 9.53 Å². The Bertz CT molecular complexity index is 1060. The molecule has 32 heavy (non-hydrogen) atoms. The Hall–Kier alpha value is -2.47. The van der Waals surface area contributed by atoms with E-state index >= 15 is 0 Å². The fourth-order valence-electron chi connectivity index (χ4n) is 3.87. The molecule has 1 saturated heterocycles. The molecule has 1 fully saturated rings. The number of carbonyl (C=O) groups excluding carboxylic acids is 1. The number of hydrogen-bond acceptors (Lipinski definition) is 4. The van der Waals surface area contributed by atoms with Crippen LogP contribution in [0.15, 0.2) is 72.8 Å². The van der Waals surface area contributed by atoms with Crippen LogP contribution in [0, 0.1) is 0 Å². The highest BCUT2D eigenvalue weighted by molar-refractivity contribution is 7.98. The van der Waals surface area contributed by atoms with Crippen LogP contribution >= 0.6 is 23.4 Å². The summed E-state index contributed by atoms with van der Waals surface area (Å²) in [7, 11) is 0. The molecule has 6 heteroatoms. The van der Waals surface area contributed by atoms with Gasteiger partial charge in [0.05, 0.1) is 12.2 Å². The number of thioether (sulfide) groups is 1. The zero-order valence-electron chi connectivity index (χ0n) is 18.1. The molecule has 4 nitrogen and oxygen atoms in total. The number of benzene rings is 3. The van der Waals surface area contributed by atoms with Crippen LogP contribution in [0.1, 0.15) is 12.0 Å². The van der Waals surface area contributed by atoms with Gasteiger partial charge in [0.2, 0.25) is 5.91 Å². The Labute approximate surface area is 198 Å². The van der Waals surface area contributed by atoms with E-state index in [4.69, 9.17) is 16.3 Å². The molecule has 0 saturated carbocycles. The lowest BCUT2D eigenvalue weighted by atomic mass is 10.0. The van der Waals surface area contributed by atoms with Crippen LogP contribution in [-0.2, 0) is 11.4 Å². The first-order valence-electron chi connectivity index (χ1n) is 10.7. The van der Waals surface area contributed by atoms with E-state index in [2.05, 4.69) is 11.6 Å². The van der Waals surface area contributed by atoms with E-state index in [1.807, 2.05) is 89.5 Å².